The van der Waals surface area contributed by atoms with E-state index in [0.717, 1.165) is 9.13 Å². The Bertz CT molecular complexity index is 1320. The third kappa shape index (κ3) is 5.37. The molecule has 0 saturated heterocycles. The van der Waals surface area contributed by atoms with Gasteiger partial charge >= 0.3 is 5.97 Å². The van der Waals surface area contributed by atoms with Crippen molar-refractivity contribution < 1.29 is 23.9 Å². The van der Waals surface area contributed by atoms with Crippen molar-refractivity contribution in [2.24, 2.45) is 4.99 Å². The van der Waals surface area contributed by atoms with Gasteiger partial charge < -0.3 is 14.2 Å². The van der Waals surface area contributed by atoms with Crippen molar-refractivity contribution >= 4 is 57.8 Å². The molecule has 0 N–H and O–H groups in total. The molecule has 1 aliphatic heterocycles. The van der Waals surface area contributed by atoms with Crippen LogP contribution < -0.4 is 9.47 Å². The van der Waals surface area contributed by atoms with E-state index in [9.17, 15) is 14.9 Å². The summed E-state index contributed by atoms with van der Waals surface area (Å²) in [6, 6.07) is 16.8. The van der Waals surface area contributed by atoms with Crippen molar-refractivity contribution in [1.29, 1.82) is 0 Å². The van der Waals surface area contributed by atoms with Crippen LogP contribution >= 0.6 is 34.2 Å². The average Bonchev–Trinajstić information content (AvgIpc) is 3.19. The van der Waals surface area contributed by atoms with E-state index < -0.39 is 10.9 Å². The zero-order valence-corrected chi connectivity index (χ0v) is 20.6. The molecular weight excluding hydrogens is 575 g/mol. The van der Waals surface area contributed by atoms with Crippen molar-refractivity contribution in [3.63, 3.8) is 0 Å². The summed E-state index contributed by atoms with van der Waals surface area (Å²) in [6.07, 6.45) is 1.51. The number of hydrogen-bond acceptors (Lipinski definition) is 7. The molecule has 34 heavy (non-hydrogen) atoms. The molecule has 3 aromatic carbocycles. The van der Waals surface area contributed by atoms with Crippen LogP contribution in [0.1, 0.15) is 16.7 Å². The van der Waals surface area contributed by atoms with Crippen LogP contribution in [0.15, 0.2) is 71.4 Å². The summed E-state index contributed by atoms with van der Waals surface area (Å²) in [5.41, 5.74) is 1.96. The molecule has 0 aliphatic carbocycles. The Labute approximate surface area is 213 Å². The van der Waals surface area contributed by atoms with Gasteiger partial charge in [-0.3, -0.25) is 10.1 Å². The highest BCUT2D eigenvalue weighted by atomic mass is 127. The zero-order chi connectivity index (χ0) is 24.2. The first kappa shape index (κ1) is 23.7. The van der Waals surface area contributed by atoms with Gasteiger partial charge in [-0.25, -0.2) is 9.79 Å². The van der Waals surface area contributed by atoms with Crippen LogP contribution in [-0.4, -0.2) is 23.9 Å². The lowest BCUT2D eigenvalue weighted by Gasteiger charge is -2.13. The van der Waals surface area contributed by atoms with E-state index in [2.05, 4.69) is 27.6 Å². The second-order valence-electron chi connectivity index (χ2n) is 7.09. The van der Waals surface area contributed by atoms with Crippen LogP contribution in [0.5, 0.6) is 11.5 Å². The Morgan fingerprint density at radius 2 is 1.85 bits per heavy atom. The molecule has 0 fully saturated rings. The van der Waals surface area contributed by atoms with Crippen LogP contribution in [0.2, 0.25) is 5.02 Å². The van der Waals surface area contributed by atoms with Gasteiger partial charge in [-0.05, 0) is 76.2 Å². The fourth-order valence-corrected chi connectivity index (χ4v) is 3.75. The van der Waals surface area contributed by atoms with E-state index in [0.29, 0.717) is 34.3 Å². The number of ether oxygens (including phenoxy) is 3. The lowest BCUT2D eigenvalue weighted by Crippen LogP contribution is -2.05. The molecule has 4 rings (SSSR count). The molecule has 0 unspecified atom stereocenters. The van der Waals surface area contributed by atoms with E-state index in [1.165, 1.54) is 37.5 Å². The number of aliphatic imine (C=N–C) groups is 1. The number of carbonyl (C=O) groups is 1. The number of carbonyl (C=O) groups excluding carboxylic acids is 1. The van der Waals surface area contributed by atoms with Gasteiger partial charge in [0.15, 0.2) is 17.2 Å². The summed E-state index contributed by atoms with van der Waals surface area (Å²) in [6.45, 7) is 0.308. The topological polar surface area (TPSA) is 100 Å². The molecular formula is C24H16ClIN2O6. The molecule has 0 amide bonds. The average molecular weight is 591 g/mol. The van der Waals surface area contributed by atoms with Gasteiger partial charge in [-0.2, -0.15) is 0 Å². The number of rotatable bonds is 7. The summed E-state index contributed by atoms with van der Waals surface area (Å²) in [7, 11) is 1.50. The highest BCUT2D eigenvalue weighted by molar-refractivity contribution is 14.1. The van der Waals surface area contributed by atoms with Gasteiger partial charge in [0.1, 0.15) is 6.61 Å². The van der Waals surface area contributed by atoms with Crippen LogP contribution in [0.25, 0.3) is 6.08 Å². The number of benzene rings is 3. The Morgan fingerprint density at radius 3 is 2.50 bits per heavy atom. The zero-order valence-electron chi connectivity index (χ0n) is 17.7. The summed E-state index contributed by atoms with van der Waals surface area (Å²) >= 11 is 8.68. The highest BCUT2D eigenvalue weighted by Crippen LogP contribution is 2.38. The van der Waals surface area contributed by atoms with E-state index >= 15 is 0 Å². The molecule has 1 aliphatic rings. The second-order valence-corrected chi connectivity index (χ2v) is 8.74. The third-order valence-corrected chi connectivity index (χ3v) is 5.80. The molecule has 0 atom stereocenters. The number of cyclic esters (lactones) is 1. The molecule has 8 nitrogen and oxygen atoms in total. The number of nitrogens with zero attached hydrogens (tertiary/aromatic N) is 2. The predicted molar refractivity (Wildman–Crippen MR) is 135 cm³/mol. The summed E-state index contributed by atoms with van der Waals surface area (Å²) in [4.78, 5) is 26.9. The number of hydrogen-bond donors (Lipinski definition) is 0. The largest absolute Gasteiger partial charge is 0.493 e. The fraction of sp³-hybridized carbons (Fsp3) is 0.0833. The summed E-state index contributed by atoms with van der Waals surface area (Å²) < 4.78 is 17.7. The normalized spacial score (nSPS) is 14.0. The van der Waals surface area contributed by atoms with Crippen molar-refractivity contribution in [2.45, 2.75) is 6.61 Å². The first-order valence-corrected chi connectivity index (χ1v) is 11.3. The molecule has 3 aromatic rings. The maximum Gasteiger partial charge on any atom is 0.363 e. The second kappa shape index (κ2) is 10.2. The number of nitro benzene ring substituents is 1. The molecule has 0 bridgehead atoms. The van der Waals surface area contributed by atoms with Crippen LogP contribution in [-0.2, 0) is 16.1 Å². The Morgan fingerprint density at radius 1 is 1.15 bits per heavy atom. The van der Waals surface area contributed by atoms with Gasteiger partial charge in [0.25, 0.3) is 5.69 Å². The monoisotopic (exact) mass is 590 g/mol. The number of halogens is 2. The predicted octanol–water partition coefficient (Wildman–Crippen LogP) is 5.78. The van der Waals surface area contributed by atoms with Crippen LogP contribution in [0.3, 0.4) is 0 Å². The molecule has 0 saturated carbocycles. The Balaban J connectivity index is 1.57. The van der Waals surface area contributed by atoms with E-state index in [1.807, 2.05) is 24.3 Å². The third-order valence-electron chi connectivity index (χ3n) is 4.80. The molecule has 172 valence electrons. The van der Waals surface area contributed by atoms with E-state index in [1.54, 1.807) is 12.1 Å². The van der Waals surface area contributed by atoms with Crippen molar-refractivity contribution in [1.82, 2.24) is 0 Å². The highest BCUT2D eigenvalue weighted by Gasteiger charge is 2.25. The summed E-state index contributed by atoms with van der Waals surface area (Å²) in [5, 5.41) is 11.1. The number of esters is 1. The molecule has 1 heterocycles. The van der Waals surface area contributed by atoms with E-state index in [-0.39, 0.29) is 17.3 Å². The Hall–Kier alpha value is -3.44. The Kier molecular flexibility index (Phi) is 7.13. The van der Waals surface area contributed by atoms with Gasteiger partial charge in [0.2, 0.25) is 5.90 Å². The van der Waals surface area contributed by atoms with Crippen molar-refractivity contribution in [3.05, 3.63) is 102 Å². The maximum atomic E-state index is 12.3. The first-order valence-electron chi connectivity index (χ1n) is 9.86. The molecule has 0 radical (unpaired) electrons. The van der Waals surface area contributed by atoms with Crippen LogP contribution in [0, 0.1) is 13.7 Å². The smallest absolute Gasteiger partial charge is 0.363 e. The quantitative estimate of drug-likeness (QED) is 0.114. The first-order chi connectivity index (χ1) is 16.3. The molecule has 0 aromatic heterocycles. The van der Waals surface area contributed by atoms with Gasteiger partial charge in [-0.15, -0.1) is 0 Å². The number of non-ortho nitro benzene ring substituents is 1. The SMILES string of the molecule is COc1cc(/C=C2\N=C(c3ccc([N+](=O)[O-])cc3)OC2=O)cc(Cl)c1OCc1ccc(I)cc1. The summed E-state index contributed by atoms with van der Waals surface area (Å²) in [5.74, 6) is 0.189. The van der Waals surface area contributed by atoms with Gasteiger partial charge in [-0.1, -0.05) is 23.7 Å². The van der Waals surface area contributed by atoms with Gasteiger partial charge in [0.05, 0.1) is 17.1 Å². The fourth-order valence-electron chi connectivity index (χ4n) is 3.12. The van der Waals surface area contributed by atoms with Crippen molar-refractivity contribution in [3.8, 4) is 11.5 Å². The number of nitro groups is 1. The lowest BCUT2D eigenvalue weighted by atomic mass is 10.1. The minimum atomic E-state index is -0.650. The van der Waals surface area contributed by atoms with Gasteiger partial charge in [0, 0.05) is 21.3 Å². The standard InChI is InChI=1S/C24H16ClIN2O6/c1-32-21-12-15(10-19(25)22(21)33-13-14-2-6-17(26)7-3-14)11-20-24(29)34-23(27-20)16-4-8-18(9-5-16)28(30)31/h2-12H,13H2,1H3/b20-11-. The molecule has 0 spiro atoms. The molecule has 10 heteroatoms. The van der Waals surface area contributed by atoms with Crippen LogP contribution in [0.4, 0.5) is 5.69 Å². The van der Waals surface area contributed by atoms with E-state index in [4.69, 9.17) is 25.8 Å². The minimum absolute atomic E-state index is 0.0547. The minimum Gasteiger partial charge on any atom is -0.493 e. The lowest BCUT2D eigenvalue weighted by molar-refractivity contribution is -0.384. The maximum absolute atomic E-state index is 12.3. The van der Waals surface area contributed by atoms with Crippen molar-refractivity contribution in [2.75, 3.05) is 7.11 Å². The number of methoxy groups -OCH3 is 1.